The van der Waals surface area contributed by atoms with Gasteiger partial charge in [-0.25, -0.2) is 4.79 Å². The van der Waals surface area contributed by atoms with Gasteiger partial charge in [-0.3, -0.25) is 4.98 Å². The molecule has 2 heterocycles. The van der Waals surface area contributed by atoms with Gasteiger partial charge in [0.1, 0.15) is 36.6 Å². The lowest BCUT2D eigenvalue weighted by Gasteiger charge is -2.42. The third-order valence-corrected chi connectivity index (χ3v) is 5.32. The molecule has 9 heteroatoms. The number of carbonyl (C=O) groups is 1. The molecule has 3 rings (SSSR count). The quantitative estimate of drug-likeness (QED) is 0.412. The van der Waals surface area contributed by atoms with Crippen LogP contribution in [-0.2, 0) is 9.47 Å². The summed E-state index contributed by atoms with van der Waals surface area (Å²) in [6.45, 7) is 1.18. The van der Waals surface area contributed by atoms with Crippen LogP contribution in [0.1, 0.15) is 27.6 Å². The lowest BCUT2D eigenvalue weighted by molar-refractivity contribution is -0.250. The van der Waals surface area contributed by atoms with Crippen LogP contribution in [0.4, 0.5) is 0 Å². The van der Waals surface area contributed by atoms with E-state index >= 15 is 0 Å². The summed E-state index contributed by atoms with van der Waals surface area (Å²) in [6, 6.07) is 6.77. The van der Waals surface area contributed by atoms with Gasteiger partial charge >= 0.3 is 5.97 Å². The molecule has 0 aliphatic carbocycles. The number of aliphatic hydroxyl groups is 5. The highest BCUT2D eigenvalue weighted by Crippen LogP contribution is 2.33. The smallest absolute Gasteiger partial charge is 0.339 e. The van der Waals surface area contributed by atoms with Crippen molar-refractivity contribution < 1.29 is 39.8 Å². The van der Waals surface area contributed by atoms with E-state index in [2.05, 4.69) is 4.98 Å². The maximum atomic E-state index is 11.7. The predicted octanol–water partition coefficient (Wildman–Crippen LogP) is -0.281. The van der Waals surface area contributed by atoms with Gasteiger partial charge in [-0.05, 0) is 29.7 Å². The minimum atomic E-state index is -1.57. The monoisotopic (exact) mass is 419 g/mol. The van der Waals surface area contributed by atoms with E-state index in [1.54, 1.807) is 37.4 Å². The van der Waals surface area contributed by atoms with E-state index < -0.39 is 49.2 Å². The van der Waals surface area contributed by atoms with Gasteiger partial charge in [-0.15, -0.1) is 0 Å². The molecule has 9 nitrogen and oxygen atoms in total. The predicted molar refractivity (Wildman–Crippen MR) is 104 cm³/mol. The summed E-state index contributed by atoms with van der Waals surface area (Å²) >= 11 is 0. The van der Waals surface area contributed by atoms with Crippen LogP contribution in [0.5, 0.6) is 0 Å². The number of benzene rings is 1. The summed E-state index contributed by atoms with van der Waals surface area (Å²) in [5, 5.41) is 50.3. The van der Waals surface area contributed by atoms with Gasteiger partial charge in [-0.2, -0.15) is 0 Å². The average Bonchev–Trinajstić information content (AvgIpc) is 2.76. The van der Waals surface area contributed by atoms with Crippen molar-refractivity contribution in [3.63, 3.8) is 0 Å². The van der Waals surface area contributed by atoms with Crippen molar-refractivity contribution in [1.82, 2.24) is 4.98 Å². The van der Waals surface area contributed by atoms with Crippen molar-refractivity contribution in [3.8, 4) is 11.1 Å². The number of hydrogen-bond acceptors (Lipinski definition) is 9. The average molecular weight is 419 g/mol. The molecule has 6 atom stereocenters. The zero-order valence-corrected chi connectivity index (χ0v) is 16.5. The first-order valence-electron chi connectivity index (χ1n) is 9.41. The van der Waals surface area contributed by atoms with Crippen LogP contribution in [0.25, 0.3) is 11.1 Å². The van der Waals surface area contributed by atoms with E-state index in [1.807, 2.05) is 0 Å². The zero-order chi connectivity index (χ0) is 22.0. The van der Waals surface area contributed by atoms with Gasteiger partial charge in [-0.1, -0.05) is 18.2 Å². The number of nitrogens with zero attached hydrogens (tertiary/aromatic N) is 1. The number of aliphatic hydroxyl groups excluding tert-OH is 5. The molecule has 0 saturated carbocycles. The largest absolute Gasteiger partial charge is 0.465 e. The molecular weight excluding hydrogens is 394 g/mol. The topological polar surface area (TPSA) is 150 Å². The van der Waals surface area contributed by atoms with E-state index in [4.69, 9.17) is 9.47 Å². The Morgan fingerprint density at radius 3 is 2.50 bits per heavy atom. The normalized spacial score (nSPS) is 27.5. The summed E-state index contributed by atoms with van der Waals surface area (Å²) in [7, 11) is 1.29. The highest BCUT2D eigenvalue weighted by atomic mass is 16.6. The van der Waals surface area contributed by atoms with Crippen molar-refractivity contribution in [1.29, 1.82) is 0 Å². The number of hydrogen-bond donors (Lipinski definition) is 5. The third-order valence-electron chi connectivity index (χ3n) is 5.32. The van der Waals surface area contributed by atoms with Gasteiger partial charge in [0, 0.05) is 18.0 Å². The van der Waals surface area contributed by atoms with Crippen LogP contribution in [-0.4, -0.2) is 80.7 Å². The lowest BCUT2D eigenvalue weighted by atomic mass is 9.88. The summed E-state index contributed by atoms with van der Waals surface area (Å²) in [4.78, 5) is 15.8. The first-order valence-corrected chi connectivity index (χ1v) is 9.41. The van der Waals surface area contributed by atoms with Crippen LogP contribution in [0.15, 0.2) is 36.7 Å². The first kappa shape index (κ1) is 22.3. The molecule has 5 N–H and O–H groups in total. The van der Waals surface area contributed by atoms with Gasteiger partial charge in [0.2, 0.25) is 0 Å². The number of pyridine rings is 1. The Hall–Kier alpha value is -2.40. The van der Waals surface area contributed by atoms with E-state index in [0.717, 1.165) is 5.56 Å². The zero-order valence-electron chi connectivity index (χ0n) is 16.5. The second kappa shape index (κ2) is 9.17. The van der Waals surface area contributed by atoms with Crippen LogP contribution in [0.3, 0.4) is 0 Å². The molecule has 1 aromatic heterocycles. The second-order valence-electron chi connectivity index (χ2n) is 7.26. The van der Waals surface area contributed by atoms with Crippen molar-refractivity contribution >= 4 is 5.97 Å². The fourth-order valence-corrected chi connectivity index (χ4v) is 3.58. The van der Waals surface area contributed by atoms with Crippen LogP contribution >= 0.6 is 0 Å². The summed E-state index contributed by atoms with van der Waals surface area (Å²) in [6.07, 6.45) is -5.27. The number of rotatable bonds is 5. The minimum absolute atomic E-state index is 0.304. The molecule has 0 bridgehead atoms. The van der Waals surface area contributed by atoms with Gasteiger partial charge in [0.05, 0.1) is 19.3 Å². The van der Waals surface area contributed by atoms with Crippen LogP contribution < -0.4 is 0 Å². The fraction of sp³-hybridized carbons (Fsp3) is 0.429. The molecule has 1 aliphatic heterocycles. The lowest BCUT2D eigenvalue weighted by Crippen LogP contribution is -2.59. The Morgan fingerprint density at radius 1 is 1.13 bits per heavy atom. The third kappa shape index (κ3) is 4.22. The molecule has 30 heavy (non-hydrogen) atoms. The Labute approximate surface area is 173 Å². The first-order chi connectivity index (χ1) is 14.3. The maximum Gasteiger partial charge on any atom is 0.339 e. The molecule has 162 valence electrons. The standard InChI is InChI=1S/C21H25NO8/c1-10-5-11(12-6-13(8-22-7-12)21(28)29-2)3-4-14(10)16(24)20-19(27)18(26)17(25)15(9-23)30-20/h3-8,15-20,23-27H,9H2,1-2H3/t15?,16-,17-,18?,19?,20-/m1/s1. The van der Waals surface area contributed by atoms with Gasteiger partial charge < -0.3 is 35.0 Å². The molecule has 1 aliphatic rings. The number of methoxy groups -OCH3 is 1. The van der Waals surface area contributed by atoms with Crippen molar-refractivity contribution in [2.45, 2.75) is 43.5 Å². The molecule has 0 amide bonds. The number of carbonyl (C=O) groups excluding carboxylic acids is 1. The Balaban J connectivity index is 1.87. The fourth-order valence-electron chi connectivity index (χ4n) is 3.58. The van der Waals surface area contributed by atoms with Crippen LogP contribution in [0, 0.1) is 6.92 Å². The van der Waals surface area contributed by atoms with E-state index in [-0.39, 0.29) is 0 Å². The second-order valence-corrected chi connectivity index (χ2v) is 7.26. The molecular formula is C21H25NO8. The van der Waals surface area contributed by atoms with Gasteiger partial charge in [0.15, 0.2) is 0 Å². The number of ether oxygens (including phenoxy) is 2. The summed E-state index contributed by atoms with van der Waals surface area (Å²) in [5.74, 6) is -0.504. The Morgan fingerprint density at radius 2 is 1.87 bits per heavy atom. The highest BCUT2D eigenvalue weighted by Gasteiger charge is 2.46. The number of esters is 1. The summed E-state index contributed by atoms with van der Waals surface area (Å²) in [5.41, 5.74) is 2.84. The number of aromatic nitrogens is 1. The van der Waals surface area contributed by atoms with Crippen molar-refractivity contribution in [3.05, 3.63) is 53.3 Å². The molecule has 2 aromatic rings. The van der Waals surface area contributed by atoms with E-state index in [1.165, 1.54) is 13.3 Å². The molecule has 3 unspecified atom stereocenters. The van der Waals surface area contributed by atoms with Crippen LogP contribution in [0.2, 0.25) is 0 Å². The van der Waals surface area contributed by atoms with E-state index in [9.17, 15) is 30.3 Å². The molecule has 1 fully saturated rings. The molecule has 0 spiro atoms. The summed E-state index contributed by atoms with van der Waals surface area (Å²) < 4.78 is 10.2. The number of aryl methyl sites for hydroxylation is 1. The Bertz CT molecular complexity index is 902. The van der Waals surface area contributed by atoms with Gasteiger partial charge in [0.25, 0.3) is 0 Å². The SMILES string of the molecule is COC(=O)c1cncc(-c2ccc([C@@H](O)[C@H]3OC(CO)[C@@H](O)C(O)C3O)c(C)c2)c1. The van der Waals surface area contributed by atoms with Crippen molar-refractivity contribution in [2.75, 3.05) is 13.7 Å². The maximum absolute atomic E-state index is 11.7. The molecule has 1 saturated heterocycles. The molecule has 0 radical (unpaired) electrons. The Kier molecular flexibility index (Phi) is 6.81. The molecule has 1 aromatic carbocycles. The minimum Gasteiger partial charge on any atom is -0.465 e. The van der Waals surface area contributed by atoms with E-state index in [0.29, 0.717) is 22.3 Å². The highest BCUT2D eigenvalue weighted by molar-refractivity contribution is 5.90. The van der Waals surface area contributed by atoms with Crippen molar-refractivity contribution in [2.24, 2.45) is 0 Å².